The van der Waals surface area contributed by atoms with E-state index in [2.05, 4.69) is 0 Å². The van der Waals surface area contributed by atoms with Crippen LogP contribution in [0.15, 0.2) is 30.3 Å². The van der Waals surface area contributed by atoms with E-state index >= 15 is 0 Å². The van der Waals surface area contributed by atoms with E-state index in [1.807, 2.05) is 30.3 Å². The smallest absolute Gasteiger partial charge is 0.326 e. The van der Waals surface area contributed by atoms with E-state index in [1.54, 1.807) is 0 Å². The molecule has 3 N–H and O–H groups in total. The average molecular weight is 262 g/mol. The summed E-state index contributed by atoms with van der Waals surface area (Å²) in [5, 5.41) is 9.09. The summed E-state index contributed by atoms with van der Waals surface area (Å²) in [6.45, 7) is 0.338. The van der Waals surface area contributed by atoms with Gasteiger partial charge in [-0.25, -0.2) is 4.79 Å². The first-order valence-electron chi connectivity index (χ1n) is 6.39. The van der Waals surface area contributed by atoms with Gasteiger partial charge in [0.1, 0.15) is 6.04 Å². The fourth-order valence-electron chi connectivity index (χ4n) is 2.42. The molecular formula is C14H18N2O3. The lowest BCUT2D eigenvalue weighted by atomic mass is 10.1. The van der Waals surface area contributed by atoms with Crippen molar-refractivity contribution < 1.29 is 14.7 Å². The molecule has 1 saturated heterocycles. The molecule has 102 valence electrons. The van der Waals surface area contributed by atoms with Crippen LogP contribution in [0, 0.1) is 0 Å². The van der Waals surface area contributed by atoms with Crippen LogP contribution in [0.1, 0.15) is 18.4 Å². The highest BCUT2D eigenvalue weighted by Crippen LogP contribution is 2.18. The number of hydrogen-bond donors (Lipinski definition) is 2. The Balaban J connectivity index is 1.94. The summed E-state index contributed by atoms with van der Waals surface area (Å²) in [6.07, 6.45) is 1.28. The molecule has 1 amide bonds. The van der Waals surface area contributed by atoms with Crippen LogP contribution in [-0.4, -0.2) is 40.5 Å². The Bertz CT molecular complexity index is 461. The topological polar surface area (TPSA) is 83.6 Å². The molecule has 1 aliphatic heterocycles. The normalized spacial score (nSPS) is 22.5. The van der Waals surface area contributed by atoms with Crippen molar-refractivity contribution in [1.82, 2.24) is 4.90 Å². The lowest BCUT2D eigenvalue weighted by molar-refractivity contribution is -0.148. The standard InChI is InChI=1S/C14H18N2O3/c15-11-8-12(14(18)19)16(9-11)13(17)7-6-10-4-2-1-3-5-10/h1-5,11-12H,6-9,15H2,(H,18,19). The summed E-state index contributed by atoms with van der Waals surface area (Å²) in [6, 6.07) is 8.68. The first-order chi connectivity index (χ1) is 9.08. The molecule has 19 heavy (non-hydrogen) atoms. The molecule has 1 heterocycles. The van der Waals surface area contributed by atoms with Crippen LogP contribution in [0.2, 0.25) is 0 Å². The number of carbonyl (C=O) groups is 2. The zero-order chi connectivity index (χ0) is 13.8. The highest BCUT2D eigenvalue weighted by molar-refractivity contribution is 5.84. The summed E-state index contributed by atoms with van der Waals surface area (Å²) in [5.74, 6) is -1.11. The molecule has 0 aliphatic carbocycles. The molecule has 2 unspecified atom stereocenters. The molecular weight excluding hydrogens is 244 g/mol. The first kappa shape index (κ1) is 13.5. The third-order valence-electron chi connectivity index (χ3n) is 3.41. The van der Waals surface area contributed by atoms with E-state index in [0.29, 0.717) is 25.8 Å². The third kappa shape index (κ3) is 3.32. The third-order valence-corrected chi connectivity index (χ3v) is 3.41. The van der Waals surface area contributed by atoms with Gasteiger partial charge in [0.15, 0.2) is 0 Å². The average Bonchev–Trinajstić information content (AvgIpc) is 2.79. The number of hydrogen-bond acceptors (Lipinski definition) is 3. The minimum atomic E-state index is -0.971. The molecule has 5 nitrogen and oxygen atoms in total. The quantitative estimate of drug-likeness (QED) is 0.833. The monoisotopic (exact) mass is 262 g/mol. The van der Waals surface area contributed by atoms with E-state index in [4.69, 9.17) is 10.8 Å². The summed E-state index contributed by atoms with van der Waals surface area (Å²) < 4.78 is 0. The zero-order valence-electron chi connectivity index (χ0n) is 10.7. The molecule has 0 saturated carbocycles. The van der Waals surface area contributed by atoms with Crippen molar-refractivity contribution in [3.8, 4) is 0 Å². The lowest BCUT2D eigenvalue weighted by Gasteiger charge is -2.21. The first-order valence-corrected chi connectivity index (χ1v) is 6.39. The van der Waals surface area contributed by atoms with Gasteiger partial charge in [0, 0.05) is 19.0 Å². The van der Waals surface area contributed by atoms with Crippen molar-refractivity contribution in [2.45, 2.75) is 31.3 Å². The summed E-state index contributed by atoms with van der Waals surface area (Å²) in [5.41, 5.74) is 6.82. The molecule has 1 aromatic carbocycles. The van der Waals surface area contributed by atoms with E-state index in [9.17, 15) is 9.59 Å². The number of nitrogens with zero attached hydrogens (tertiary/aromatic N) is 1. The van der Waals surface area contributed by atoms with Crippen LogP contribution in [-0.2, 0) is 16.0 Å². The van der Waals surface area contributed by atoms with E-state index in [1.165, 1.54) is 4.90 Å². The van der Waals surface area contributed by atoms with Crippen LogP contribution in [0.3, 0.4) is 0 Å². The van der Waals surface area contributed by atoms with Crippen molar-refractivity contribution >= 4 is 11.9 Å². The number of benzene rings is 1. The van der Waals surface area contributed by atoms with Gasteiger partial charge in [0.25, 0.3) is 0 Å². The van der Waals surface area contributed by atoms with Gasteiger partial charge in [-0.3, -0.25) is 4.79 Å². The van der Waals surface area contributed by atoms with Crippen molar-refractivity contribution in [3.63, 3.8) is 0 Å². The summed E-state index contributed by atoms with van der Waals surface area (Å²) >= 11 is 0. The predicted molar refractivity (Wildman–Crippen MR) is 70.5 cm³/mol. The van der Waals surface area contributed by atoms with Crippen LogP contribution >= 0.6 is 0 Å². The largest absolute Gasteiger partial charge is 0.480 e. The van der Waals surface area contributed by atoms with Gasteiger partial charge < -0.3 is 15.7 Å². The molecule has 0 bridgehead atoms. The van der Waals surface area contributed by atoms with Gasteiger partial charge in [-0.2, -0.15) is 0 Å². The van der Waals surface area contributed by atoms with Crippen molar-refractivity contribution in [1.29, 1.82) is 0 Å². The van der Waals surface area contributed by atoms with Gasteiger partial charge in [-0.1, -0.05) is 30.3 Å². The molecule has 0 radical (unpaired) electrons. The number of carbonyl (C=O) groups excluding carboxylic acids is 1. The zero-order valence-corrected chi connectivity index (χ0v) is 10.7. The van der Waals surface area contributed by atoms with Crippen molar-refractivity contribution in [2.75, 3.05) is 6.54 Å². The molecule has 0 spiro atoms. The van der Waals surface area contributed by atoms with Gasteiger partial charge >= 0.3 is 5.97 Å². The predicted octanol–water partition coefficient (Wildman–Crippen LogP) is 0.632. The SMILES string of the molecule is NC1CC(C(=O)O)N(C(=O)CCc2ccccc2)C1. The number of nitrogens with two attached hydrogens (primary N) is 1. The number of amides is 1. The van der Waals surface area contributed by atoms with Gasteiger partial charge in [0.2, 0.25) is 5.91 Å². The van der Waals surface area contributed by atoms with Crippen LogP contribution in [0.4, 0.5) is 0 Å². The lowest BCUT2D eigenvalue weighted by Crippen LogP contribution is -2.40. The maximum absolute atomic E-state index is 12.1. The summed E-state index contributed by atoms with van der Waals surface area (Å²) in [4.78, 5) is 24.6. The Labute approximate surface area is 112 Å². The van der Waals surface area contributed by atoms with Gasteiger partial charge in [0.05, 0.1) is 0 Å². The van der Waals surface area contributed by atoms with Gasteiger partial charge in [-0.15, -0.1) is 0 Å². The number of aliphatic carboxylic acids is 1. The second-order valence-corrected chi connectivity index (χ2v) is 4.88. The number of rotatable bonds is 4. The highest BCUT2D eigenvalue weighted by atomic mass is 16.4. The summed E-state index contributed by atoms with van der Waals surface area (Å²) in [7, 11) is 0. The number of carboxylic acids is 1. The number of likely N-dealkylation sites (tertiary alicyclic amines) is 1. The number of aryl methyl sites for hydroxylation is 1. The van der Waals surface area contributed by atoms with Crippen LogP contribution in [0.5, 0.6) is 0 Å². The Morgan fingerprint density at radius 3 is 2.63 bits per heavy atom. The molecule has 2 rings (SSSR count). The maximum Gasteiger partial charge on any atom is 0.326 e. The van der Waals surface area contributed by atoms with E-state index < -0.39 is 12.0 Å². The van der Waals surface area contributed by atoms with Crippen LogP contribution < -0.4 is 5.73 Å². The van der Waals surface area contributed by atoms with E-state index in [-0.39, 0.29) is 11.9 Å². The van der Waals surface area contributed by atoms with Crippen LogP contribution in [0.25, 0.3) is 0 Å². The Hall–Kier alpha value is -1.88. The molecule has 1 fully saturated rings. The fourth-order valence-corrected chi connectivity index (χ4v) is 2.42. The molecule has 1 aromatic rings. The minimum Gasteiger partial charge on any atom is -0.480 e. The Morgan fingerprint density at radius 1 is 1.32 bits per heavy atom. The fraction of sp³-hybridized carbons (Fsp3) is 0.429. The maximum atomic E-state index is 12.1. The molecule has 0 aromatic heterocycles. The molecule has 2 atom stereocenters. The number of carboxylic acid groups (broad SMARTS) is 1. The van der Waals surface area contributed by atoms with Gasteiger partial charge in [-0.05, 0) is 18.4 Å². The molecule has 1 aliphatic rings. The Morgan fingerprint density at radius 2 is 2.00 bits per heavy atom. The second-order valence-electron chi connectivity index (χ2n) is 4.88. The van der Waals surface area contributed by atoms with Crippen molar-refractivity contribution in [3.05, 3.63) is 35.9 Å². The van der Waals surface area contributed by atoms with Crippen molar-refractivity contribution in [2.24, 2.45) is 5.73 Å². The Kier molecular flexibility index (Phi) is 4.16. The molecule has 5 heteroatoms. The van der Waals surface area contributed by atoms with E-state index in [0.717, 1.165) is 5.56 Å². The second kappa shape index (κ2) is 5.84. The highest BCUT2D eigenvalue weighted by Gasteiger charge is 2.37. The minimum absolute atomic E-state index is 0.135.